The first-order chi connectivity index (χ1) is 32.4. The van der Waals surface area contributed by atoms with E-state index in [0.29, 0.717) is 36.5 Å². The maximum Gasteiger partial charge on any atom is 0.131 e. The van der Waals surface area contributed by atoms with Gasteiger partial charge < -0.3 is 19.7 Å². The van der Waals surface area contributed by atoms with Gasteiger partial charge in [0.15, 0.2) is 0 Å². The monoisotopic (exact) mass is 877 g/mol. The summed E-state index contributed by atoms with van der Waals surface area (Å²) in [4.78, 5) is 0. The lowest BCUT2D eigenvalue weighted by Gasteiger charge is -2.32. The van der Waals surface area contributed by atoms with Crippen molar-refractivity contribution >= 4 is 0 Å². The van der Waals surface area contributed by atoms with Crippen molar-refractivity contribution in [1.29, 1.82) is 0 Å². The Hall–Kier alpha value is -5.48. The maximum atomic E-state index is 12.4. The molecule has 2 unspecified atom stereocenters. The summed E-state index contributed by atoms with van der Waals surface area (Å²) < 4.78 is 13.8. The van der Waals surface area contributed by atoms with Crippen LogP contribution in [0.25, 0.3) is 44.5 Å². The highest BCUT2D eigenvalue weighted by molar-refractivity contribution is 5.90. The van der Waals surface area contributed by atoms with Gasteiger partial charge in [0, 0.05) is 33.4 Å². The number of hydrogen-bond acceptors (Lipinski definition) is 4. The summed E-state index contributed by atoms with van der Waals surface area (Å²) in [5, 5.41) is 24.8. The van der Waals surface area contributed by atoms with Crippen LogP contribution in [-0.4, -0.2) is 23.4 Å². The number of aromatic hydroxyl groups is 2. The number of phenols is 2. The molecule has 340 valence electrons. The Balaban J connectivity index is 0.857. The molecule has 0 aromatic heterocycles. The fraction of sp³-hybridized carbons (Fsp3) is 0.419. The average Bonchev–Trinajstić information content (AvgIpc) is 3.35. The quantitative estimate of drug-likeness (QED) is 0.144. The van der Waals surface area contributed by atoms with Crippen LogP contribution in [0.5, 0.6) is 23.0 Å². The molecule has 1 saturated carbocycles. The molecule has 0 bridgehead atoms. The van der Waals surface area contributed by atoms with Gasteiger partial charge in [-0.3, -0.25) is 0 Å². The first-order valence-electron chi connectivity index (χ1n) is 25.8. The van der Waals surface area contributed by atoms with E-state index in [9.17, 15) is 10.2 Å². The van der Waals surface area contributed by atoms with Gasteiger partial charge in [-0.05, 0) is 244 Å². The SMILES string of the molecule is Cc1cc(-c2ccccc2OCC2CCCCC2COc2ccccc2-c2cc(C)cc(-c3c4c(cc5c3CCCC5)CCCC4)c2O)c(O)c(-c2c3c(cc4c2CCCC4)CCCC3)c1. The topological polar surface area (TPSA) is 58.9 Å². The van der Waals surface area contributed by atoms with Gasteiger partial charge >= 0.3 is 0 Å². The maximum absolute atomic E-state index is 12.4. The molecule has 5 aliphatic rings. The molecule has 1 fully saturated rings. The molecule has 2 N–H and O–H groups in total. The Labute approximate surface area is 393 Å². The average molecular weight is 877 g/mol. The summed E-state index contributed by atoms with van der Waals surface area (Å²) in [6.07, 6.45) is 23.3. The smallest absolute Gasteiger partial charge is 0.131 e. The number of fused-ring (bicyclic) bond motifs is 4. The third kappa shape index (κ3) is 8.22. The summed E-state index contributed by atoms with van der Waals surface area (Å²) in [6, 6.07) is 30.4. The minimum atomic E-state index is 0.331. The van der Waals surface area contributed by atoms with Crippen molar-refractivity contribution in [3.8, 4) is 67.5 Å². The van der Waals surface area contributed by atoms with E-state index < -0.39 is 0 Å². The zero-order valence-corrected chi connectivity index (χ0v) is 39.5. The van der Waals surface area contributed by atoms with Gasteiger partial charge in [0.05, 0.1) is 13.2 Å². The molecular formula is C62H68O4. The number of aryl methyl sites for hydroxylation is 6. The van der Waals surface area contributed by atoms with Crippen molar-refractivity contribution in [2.45, 2.75) is 142 Å². The Bertz CT molecular complexity index is 2530. The molecule has 5 aliphatic carbocycles. The van der Waals surface area contributed by atoms with Crippen LogP contribution in [-0.2, 0) is 51.4 Å². The van der Waals surface area contributed by atoms with Gasteiger partial charge in [-0.2, -0.15) is 0 Å². The van der Waals surface area contributed by atoms with Crippen LogP contribution >= 0.6 is 0 Å². The normalized spacial score (nSPS) is 19.0. The highest BCUT2D eigenvalue weighted by atomic mass is 16.5. The third-order valence-electron chi connectivity index (χ3n) is 16.3. The van der Waals surface area contributed by atoms with E-state index in [-0.39, 0.29) is 0 Å². The fourth-order valence-electron chi connectivity index (χ4n) is 13.0. The molecule has 0 saturated heterocycles. The molecule has 2 atom stereocenters. The van der Waals surface area contributed by atoms with Gasteiger partial charge in [0.2, 0.25) is 0 Å². The van der Waals surface area contributed by atoms with Crippen LogP contribution in [0, 0.1) is 25.7 Å². The molecular weight excluding hydrogens is 809 g/mol. The van der Waals surface area contributed by atoms with Crippen LogP contribution in [0.2, 0.25) is 0 Å². The van der Waals surface area contributed by atoms with E-state index in [1.165, 1.54) is 120 Å². The van der Waals surface area contributed by atoms with Crippen molar-refractivity contribution in [3.05, 3.63) is 141 Å². The van der Waals surface area contributed by atoms with Gasteiger partial charge in [0.1, 0.15) is 23.0 Å². The standard InChI is InChI=1S/C62H68O4/c1-39-31-53(61(63)55(33-39)59-47-23-9-5-17-41(47)35-42-18-6-10-24-48(42)59)51-27-13-15-29-57(51)65-37-45-21-3-4-22-46(45)38-66-58-30-16-14-28-52(58)54-32-40(2)34-56(62(54)64)60-49-25-11-7-19-43(49)36-44-20-8-12-26-50(44)60/h13-16,27-36,45-46,63-64H,3-12,17-26,37-38H2,1-2H3. The van der Waals surface area contributed by atoms with Gasteiger partial charge in [0.25, 0.3) is 0 Å². The number of ether oxygens (including phenoxy) is 2. The summed E-state index contributed by atoms with van der Waals surface area (Å²) in [7, 11) is 0. The fourth-order valence-corrected chi connectivity index (χ4v) is 13.0. The number of rotatable bonds is 10. The van der Waals surface area contributed by atoms with Crippen LogP contribution in [0.1, 0.15) is 133 Å². The predicted octanol–water partition coefficient (Wildman–Crippen LogP) is 15.2. The molecule has 0 spiro atoms. The van der Waals surface area contributed by atoms with Crippen LogP contribution in [0.3, 0.4) is 0 Å². The Morgan fingerprint density at radius 1 is 0.394 bits per heavy atom. The van der Waals surface area contributed by atoms with Crippen molar-refractivity contribution in [2.75, 3.05) is 13.2 Å². The molecule has 0 aliphatic heterocycles. The second kappa shape index (κ2) is 18.7. The highest BCUT2D eigenvalue weighted by Crippen LogP contribution is 2.50. The molecule has 6 aromatic rings. The third-order valence-corrected chi connectivity index (χ3v) is 16.3. The lowest BCUT2D eigenvalue weighted by Crippen LogP contribution is -2.30. The molecule has 4 heteroatoms. The lowest BCUT2D eigenvalue weighted by atomic mass is 9.76. The van der Waals surface area contributed by atoms with Crippen molar-refractivity contribution in [2.24, 2.45) is 11.8 Å². The van der Waals surface area contributed by atoms with E-state index >= 15 is 0 Å². The number of benzene rings is 6. The van der Waals surface area contributed by atoms with E-state index in [1.807, 2.05) is 0 Å². The molecule has 6 aromatic carbocycles. The largest absolute Gasteiger partial charge is 0.507 e. The van der Waals surface area contributed by atoms with Gasteiger partial charge in [-0.15, -0.1) is 0 Å². The summed E-state index contributed by atoms with van der Waals surface area (Å²) in [5.41, 5.74) is 22.4. The highest BCUT2D eigenvalue weighted by Gasteiger charge is 2.31. The molecule has 0 amide bonds. The zero-order chi connectivity index (χ0) is 44.7. The van der Waals surface area contributed by atoms with E-state index in [0.717, 1.165) is 120 Å². The van der Waals surface area contributed by atoms with Crippen molar-refractivity contribution in [1.82, 2.24) is 0 Å². The second-order valence-corrected chi connectivity index (χ2v) is 20.7. The molecule has 11 rings (SSSR count). The van der Waals surface area contributed by atoms with Crippen molar-refractivity contribution < 1.29 is 19.7 Å². The van der Waals surface area contributed by atoms with Crippen LogP contribution in [0.15, 0.2) is 84.9 Å². The van der Waals surface area contributed by atoms with Crippen molar-refractivity contribution in [3.63, 3.8) is 0 Å². The number of phenolic OH excluding ortho intramolecular Hbond substituents is 2. The van der Waals surface area contributed by atoms with E-state index in [1.54, 1.807) is 0 Å². The minimum absolute atomic E-state index is 0.331. The van der Waals surface area contributed by atoms with Crippen LogP contribution in [0.4, 0.5) is 0 Å². The second-order valence-electron chi connectivity index (χ2n) is 20.7. The molecule has 0 heterocycles. The Morgan fingerprint density at radius 3 is 1.11 bits per heavy atom. The van der Waals surface area contributed by atoms with Gasteiger partial charge in [-0.1, -0.05) is 61.4 Å². The van der Waals surface area contributed by atoms with E-state index in [4.69, 9.17) is 9.47 Å². The Kier molecular flexibility index (Phi) is 12.2. The molecule has 0 radical (unpaired) electrons. The number of para-hydroxylation sites is 2. The van der Waals surface area contributed by atoms with Gasteiger partial charge in [-0.25, -0.2) is 0 Å². The zero-order valence-electron chi connectivity index (χ0n) is 39.5. The molecule has 4 nitrogen and oxygen atoms in total. The first kappa shape index (κ1) is 43.1. The summed E-state index contributed by atoms with van der Waals surface area (Å²) in [6.45, 7) is 5.53. The minimum Gasteiger partial charge on any atom is -0.507 e. The number of hydrogen-bond donors (Lipinski definition) is 2. The molecule has 66 heavy (non-hydrogen) atoms. The lowest BCUT2D eigenvalue weighted by molar-refractivity contribution is 0.105. The summed E-state index contributed by atoms with van der Waals surface area (Å²) in [5.74, 6) is 3.06. The Morgan fingerprint density at radius 2 is 0.727 bits per heavy atom. The van der Waals surface area contributed by atoms with E-state index in [2.05, 4.69) is 98.8 Å². The first-order valence-corrected chi connectivity index (χ1v) is 25.8. The van der Waals surface area contributed by atoms with Crippen LogP contribution < -0.4 is 9.47 Å². The summed E-state index contributed by atoms with van der Waals surface area (Å²) >= 11 is 0. The predicted molar refractivity (Wildman–Crippen MR) is 270 cm³/mol.